The van der Waals surface area contributed by atoms with E-state index in [-0.39, 0.29) is 16.8 Å². The highest BCUT2D eigenvalue weighted by molar-refractivity contribution is 7.89. The number of carbonyl (C=O) groups excluding carboxylic acids is 1. The minimum atomic E-state index is -3.58. The number of amides is 1. The fraction of sp³-hybridized carbons (Fsp3) is 0.650. The first-order chi connectivity index (χ1) is 12.8. The van der Waals surface area contributed by atoms with Gasteiger partial charge in [0, 0.05) is 38.9 Å². The van der Waals surface area contributed by atoms with Crippen molar-refractivity contribution in [1.29, 1.82) is 0 Å². The van der Waals surface area contributed by atoms with Gasteiger partial charge in [-0.15, -0.1) is 0 Å². The zero-order valence-electron chi connectivity index (χ0n) is 16.6. The Bertz CT molecular complexity index is 786. The zero-order valence-corrected chi connectivity index (χ0v) is 17.4. The molecule has 0 radical (unpaired) electrons. The summed E-state index contributed by atoms with van der Waals surface area (Å²) in [4.78, 5) is 15.5. The number of hydrogen-bond donors (Lipinski definition) is 1. The number of rotatable bonds is 5. The van der Waals surface area contributed by atoms with Gasteiger partial charge in [-0.05, 0) is 49.8 Å². The summed E-state index contributed by atoms with van der Waals surface area (Å²) in [6.07, 6.45) is 6.64. The van der Waals surface area contributed by atoms with Gasteiger partial charge >= 0.3 is 0 Å². The Labute approximate surface area is 163 Å². The largest absolute Gasteiger partial charge is 0.371 e. The lowest BCUT2D eigenvalue weighted by Crippen LogP contribution is -2.41. The van der Waals surface area contributed by atoms with E-state index in [1.807, 2.05) is 0 Å². The third-order valence-corrected chi connectivity index (χ3v) is 7.68. The highest BCUT2D eigenvalue weighted by Gasteiger charge is 2.28. The van der Waals surface area contributed by atoms with Crippen LogP contribution in [0.25, 0.3) is 0 Å². The summed E-state index contributed by atoms with van der Waals surface area (Å²) in [6.45, 7) is 3.98. The van der Waals surface area contributed by atoms with Gasteiger partial charge in [0.1, 0.15) is 0 Å². The third kappa shape index (κ3) is 4.29. The second-order valence-corrected chi connectivity index (χ2v) is 10.2. The minimum absolute atomic E-state index is 0.159. The monoisotopic (exact) mass is 393 g/mol. The van der Waals surface area contributed by atoms with Crippen molar-refractivity contribution in [2.75, 3.05) is 32.1 Å². The van der Waals surface area contributed by atoms with Crippen LogP contribution in [0.4, 0.5) is 5.69 Å². The van der Waals surface area contributed by atoms with E-state index < -0.39 is 10.0 Å². The highest BCUT2D eigenvalue weighted by atomic mass is 32.2. The quantitative estimate of drug-likeness (QED) is 0.835. The Morgan fingerprint density at radius 3 is 2.41 bits per heavy atom. The van der Waals surface area contributed by atoms with Crippen LogP contribution in [0.2, 0.25) is 0 Å². The highest BCUT2D eigenvalue weighted by Crippen LogP contribution is 2.29. The van der Waals surface area contributed by atoms with Gasteiger partial charge in [0.15, 0.2) is 0 Å². The Morgan fingerprint density at radius 2 is 1.78 bits per heavy atom. The maximum atomic E-state index is 13.1. The van der Waals surface area contributed by atoms with Crippen LogP contribution >= 0.6 is 0 Å². The first-order valence-corrected chi connectivity index (χ1v) is 11.4. The minimum Gasteiger partial charge on any atom is -0.371 e. The lowest BCUT2D eigenvalue weighted by Gasteiger charge is -2.30. The summed E-state index contributed by atoms with van der Waals surface area (Å²) in [5.41, 5.74) is 1.31. The summed E-state index contributed by atoms with van der Waals surface area (Å²) in [6, 6.07) is 5.11. The van der Waals surface area contributed by atoms with Crippen molar-refractivity contribution in [3.05, 3.63) is 23.8 Å². The molecule has 6 nitrogen and oxygen atoms in total. The van der Waals surface area contributed by atoms with Gasteiger partial charge in [-0.1, -0.05) is 19.8 Å². The average molecular weight is 394 g/mol. The number of anilines is 1. The topological polar surface area (TPSA) is 69.7 Å². The van der Waals surface area contributed by atoms with Crippen LogP contribution in [-0.2, 0) is 10.0 Å². The van der Waals surface area contributed by atoms with Crippen LogP contribution in [0.1, 0.15) is 55.8 Å². The molecular weight excluding hydrogens is 362 g/mol. The third-order valence-electron chi connectivity index (χ3n) is 5.87. The van der Waals surface area contributed by atoms with E-state index in [0.29, 0.717) is 11.5 Å². The van der Waals surface area contributed by atoms with E-state index in [0.717, 1.165) is 50.9 Å². The zero-order chi connectivity index (χ0) is 19.6. The molecule has 1 N–H and O–H groups in total. The molecule has 2 aliphatic rings. The molecule has 3 rings (SSSR count). The predicted molar refractivity (Wildman–Crippen MR) is 108 cm³/mol. The molecule has 1 saturated heterocycles. The first-order valence-electron chi connectivity index (χ1n) is 9.93. The van der Waals surface area contributed by atoms with Gasteiger partial charge in [0.05, 0.1) is 10.5 Å². The molecule has 1 aromatic carbocycles. The van der Waals surface area contributed by atoms with Crippen molar-refractivity contribution in [1.82, 2.24) is 9.62 Å². The smallest absolute Gasteiger partial charge is 0.253 e. The lowest BCUT2D eigenvalue weighted by molar-refractivity contribution is 0.0910. The van der Waals surface area contributed by atoms with Crippen LogP contribution in [0, 0.1) is 5.92 Å². The second-order valence-electron chi connectivity index (χ2n) is 8.00. The van der Waals surface area contributed by atoms with Crippen LogP contribution in [0.3, 0.4) is 0 Å². The van der Waals surface area contributed by atoms with Crippen molar-refractivity contribution in [3.63, 3.8) is 0 Å². The molecule has 1 saturated carbocycles. The molecule has 2 fully saturated rings. The fourth-order valence-corrected chi connectivity index (χ4v) is 5.01. The van der Waals surface area contributed by atoms with Crippen LogP contribution in [0.15, 0.2) is 23.1 Å². The average Bonchev–Trinajstić information content (AvgIpc) is 3.17. The summed E-state index contributed by atoms with van der Waals surface area (Å²) in [5.74, 6) is 0.290. The molecule has 1 amide bonds. The summed E-state index contributed by atoms with van der Waals surface area (Å²) >= 11 is 0. The Balaban J connectivity index is 1.95. The van der Waals surface area contributed by atoms with E-state index >= 15 is 0 Å². The molecule has 1 aliphatic carbocycles. The molecule has 2 unspecified atom stereocenters. The van der Waals surface area contributed by atoms with Crippen molar-refractivity contribution < 1.29 is 13.2 Å². The van der Waals surface area contributed by atoms with Crippen molar-refractivity contribution in [2.45, 2.75) is 56.4 Å². The molecule has 1 aliphatic heterocycles. The van der Waals surface area contributed by atoms with Crippen LogP contribution in [-0.4, -0.2) is 51.9 Å². The normalized spacial score (nSPS) is 23.6. The Morgan fingerprint density at radius 1 is 1.11 bits per heavy atom. The molecule has 0 aromatic heterocycles. The van der Waals surface area contributed by atoms with E-state index in [9.17, 15) is 13.2 Å². The Hall–Kier alpha value is -1.60. The molecule has 7 heteroatoms. The fourth-order valence-electron chi connectivity index (χ4n) is 4.08. The van der Waals surface area contributed by atoms with E-state index in [1.54, 1.807) is 18.2 Å². The molecule has 27 heavy (non-hydrogen) atoms. The SMILES string of the molecule is CC1CCCCC1NC(=O)c1cc(S(=O)(=O)N(C)C)ccc1N1CCCC1. The van der Waals surface area contributed by atoms with Crippen molar-refractivity contribution >= 4 is 21.6 Å². The summed E-state index contributed by atoms with van der Waals surface area (Å²) < 4.78 is 26.3. The van der Waals surface area contributed by atoms with E-state index in [4.69, 9.17) is 0 Å². The van der Waals surface area contributed by atoms with Crippen LogP contribution < -0.4 is 10.2 Å². The van der Waals surface area contributed by atoms with Gasteiger partial charge in [-0.2, -0.15) is 0 Å². The van der Waals surface area contributed by atoms with E-state index in [2.05, 4.69) is 17.1 Å². The van der Waals surface area contributed by atoms with Gasteiger partial charge in [-0.25, -0.2) is 12.7 Å². The van der Waals surface area contributed by atoms with Crippen molar-refractivity contribution in [3.8, 4) is 0 Å². The number of carbonyl (C=O) groups is 1. The second kappa shape index (κ2) is 8.19. The maximum Gasteiger partial charge on any atom is 0.253 e. The van der Waals surface area contributed by atoms with Crippen molar-refractivity contribution in [2.24, 2.45) is 5.92 Å². The number of hydrogen-bond acceptors (Lipinski definition) is 4. The molecule has 1 aromatic rings. The van der Waals surface area contributed by atoms with Gasteiger partial charge in [0.2, 0.25) is 10.0 Å². The standard InChI is InChI=1S/C20H31N3O3S/c1-15-8-4-5-9-18(15)21-20(24)17-14-16(27(25,26)22(2)3)10-11-19(17)23-12-6-7-13-23/h10-11,14-15,18H,4-9,12-13H2,1-3H3,(H,21,24). The molecule has 2 atom stereocenters. The number of nitrogens with one attached hydrogen (secondary N) is 1. The molecular formula is C20H31N3O3S. The predicted octanol–water partition coefficient (Wildman–Crippen LogP) is 2.85. The molecule has 1 heterocycles. The Kier molecular flexibility index (Phi) is 6.11. The van der Waals surface area contributed by atoms with Gasteiger partial charge in [-0.3, -0.25) is 4.79 Å². The molecule has 0 spiro atoms. The summed E-state index contributed by atoms with van der Waals surface area (Å²) in [7, 11) is -0.568. The molecule has 150 valence electrons. The number of sulfonamides is 1. The van der Waals surface area contributed by atoms with Gasteiger partial charge < -0.3 is 10.2 Å². The van der Waals surface area contributed by atoms with E-state index in [1.165, 1.54) is 24.8 Å². The van der Waals surface area contributed by atoms with Gasteiger partial charge in [0.25, 0.3) is 5.91 Å². The number of nitrogens with zero attached hydrogens (tertiary/aromatic N) is 2. The summed E-state index contributed by atoms with van der Waals surface area (Å²) in [5, 5.41) is 3.18. The maximum absolute atomic E-state index is 13.1. The lowest BCUT2D eigenvalue weighted by atomic mass is 9.86. The first kappa shape index (κ1) is 20.1. The van der Waals surface area contributed by atoms with Crippen LogP contribution in [0.5, 0.6) is 0 Å². The number of benzene rings is 1. The molecule has 0 bridgehead atoms.